The van der Waals surface area contributed by atoms with Crippen molar-refractivity contribution in [2.24, 2.45) is 0 Å². The van der Waals surface area contributed by atoms with E-state index >= 15 is 0 Å². The number of aryl methyl sites for hydroxylation is 1. The molecule has 0 saturated carbocycles. The van der Waals surface area contributed by atoms with Gasteiger partial charge in [0.2, 0.25) is 0 Å². The highest BCUT2D eigenvalue weighted by Gasteiger charge is 2.21. The summed E-state index contributed by atoms with van der Waals surface area (Å²) in [5.74, 6) is 0.428. The monoisotopic (exact) mass is 445 g/mol. The summed E-state index contributed by atoms with van der Waals surface area (Å²) in [4.78, 5) is 12.5. The zero-order valence-corrected chi connectivity index (χ0v) is 17.3. The SMILES string of the molecule is Cc1onc(-c2c(Cl)cccc2Cl)c1NC(=O)Nc1ccc(-c2csnn2)cc1. The number of halogens is 2. The van der Waals surface area contributed by atoms with E-state index in [0.29, 0.717) is 38.4 Å². The van der Waals surface area contributed by atoms with Crippen molar-refractivity contribution in [1.82, 2.24) is 14.7 Å². The summed E-state index contributed by atoms with van der Waals surface area (Å²) in [6, 6.07) is 11.9. The molecule has 2 heterocycles. The van der Waals surface area contributed by atoms with Gasteiger partial charge in [0.05, 0.1) is 10.0 Å². The second-order valence-corrected chi connectivity index (χ2v) is 7.43. The van der Waals surface area contributed by atoms with E-state index in [0.717, 1.165) is 11.3 Å². The quantitative estimate of drug-likeness (QED) is 0.394. The fourth-order valence-corrected chi connectivity index (χ4v) is 3.75. The van der Waals surface area contributed by atoms with Gasteiger partial charge in [-0.2, -0.15) is 0 Å². The molecule has 0 spiro atoms. The van der Waals surface area contributed by atoms with E-state index in [2.05, 4.69) is 25.4 Å². The van der Waals surface area contributed by atoms with Crippen LogP contribution in [0.5, 0.6) is 0 Å². The Morgan fingerprint density at radius 1 is 1.07 bits per heavy atom. The molecule has 7 nitrogen and oxygen atoms in total. The van der Waals surface area contributed by atoms with Crippen LogP contribution in [-0.4, -0.2) is 20.8 Å². The maximum atomic E-state index is 12.5. The highest BCUT2D eigenvalue weighted by atomic mass is 35.5. The van der Waals surface area contributed by atoms with E-state index in [4.69, 9.17) is 27.7 Å². The summed E-state index contributed by atoms with van der Waals surface area (Å²) in [5.41, 5.74) is 3.55. The third-order valence-corrected chi connectivity index (χ3v) is 5.23. The van der Waals surface area contributed by atoms with Gasteiger partial charge < -0.3 is 15.2 Å². The van der Waals surface area contributed by atoms with Crippen LogP contribution in [0.25, 0.3) is 22.5 Å². The smallest absolute Gasteiger partial charge is 0.323 e. The predicted octanol–water partition coefficient (Wildman–Crippen LogP) is 6.12. The van der Waals surface area contributed by atoms with Crippen molar-refractivity contribution in [2.75, 3.05) is 10.6 Å². The third-order valence-electron chi connectivity index (χ3n) is 4.10. The van der Waals surface area contributed by atoms with E-state index in [9.17, 15) is 4.79 Å². The van der Waals surface area contributed by atoms with Crippen molar-refractivity contribution in [3.05, 3.63) is 63.7 Å². The first-order chi connectivity index (χ1) is 14.0. The van der Waals surface area contributed by atoms with Gasteiger partial charge in [0.25, 0.3) is 0 Å². The molecule has 0 aliphatic rings. The number of hydrogen-bond donors (Lipinski definition) is 2. The molecule has 146 valence electrons. The standard InChI is InChI=1S/C19H13Cl2N5O2S/c1-10-17(18(25-28-10)16-13(20)3-2-4-14(16)21)23-19(27)22-12-7-5-11(6-8-12)15-9-29-26-24-15/h2-9H,1H3,(H2,22,23,27). The molecule has 2 aromatic heterocycles. The lowest BCUT2D eigenvalue weighted by molar-refractivity contribution is 0.262. The van der Waals surface area contributed by atoms with E-state index in [-0.39, 0.29) is 0 Å². The molecule has 2 N–H and O–H groups in total. The maximum Gasteiger partial charge on any atom is 0.323 e. The maximum absolute atomic E-state index is 12.5. The molecule has 0 saturated heterocycles. The Hall–Kier alpha value is -2.94. The lowest BCUT2D eigenvalue weighted by atomic mass is 10.1. The largest absolute Gasteiger partial charge is 0.359 e. The molecule has 0 fully saturated rings. The molecule has 4 aromatic rings. The lowest BCUT2D eigenvalue weighted by Gasteiger charge is -2.10. The number of aromatic nitrogens is 3. The highest BCUT2D eigenvalue weighted by Crippen LogP contribution is 2.39. The van der Waals surface area contributed by atoms with Crippen LogP contribution in [0.3, 0.4) is 0 Å². The Kier molecular flexibility index (Phi) is 5.48. The zero-order valence-electron chi connectivity index (χ0n) is 14.9. The van der Waals surface area contributed by atoms with Crippen molar-refractivity contribution in [3.8, 4) is 22.5 Å². The summed E-state index contributed by atoms with van der Waals surface area (Å²) in [5, 5.41) is 16.2. The van der Waals surface area contributed by atoms with Crippen molar-refractivity contribution < 1.29 is 9.32 Å². The molecule has 2 amide bonds. The minimum atomic E-state index is -0.455. The zero-order chi connectivity index (χ0) is 20.4. The van der Waals surface area contributed by atoms with E-state index in [1.807, 2.05) is 17.5 Å². The van der Waals surface area contributed by atoms with Gasteiger partial charge in [0.15, 0.2) is 5.76 Å². The summed E-state index contributed by atoms with van der Waals surface area (Å²) in [6.07, 6.45) is 0. The summed E-state index contributed by atoms with van der Waals surface area (Å²) in [6.45, 7) is 1.69. The van der Waals surface area contributed by atoms with Gasteiger partial charge in [-0.25, -0.2) is 4.79 Å². The van der Waals surface area contributed by atoms with Gasteiger partial charge in [0, 0.05) is 22.2 Å². The molecule has 2 aromatic carbocycles. The molecule has 0 bridgehead atoms. The van der Waals surface area contributed by atoms with Gasteiger partial charge in [-0.05, 0) is 42.7 Å². The van der Waals surface area contributed by atoms with Crippen LogP contribution < -0.4 is 10.6 Å². The first-order valence-corrected chi connectivity index (χ1v) is 9.98. The van der Waals surface area contributed by atoms with E-state index in [1.54, 1.807) is 37.3 Å². The normalized spacial score (nSPS) is 10.7. The Labute approximate surface area is 179 Å². The molecule has 0 aliphatic carbocycles. The minimum absolute atomic E-state index is 0.361. The Morgan fingerprint density at radius 3 is 2.45 bits per heavy atom. The van der Waals surface area contributed by atoms with Gasteiger partial charge in [-0.15, -0.1) is 5.10 Å². The number of nitrogens with one attached hydrogen (secondary N) is 2. The fourth-order valence-electron chi connectivity index (χ4n) is 2.70. The van der Waals surface area contributed by atoms with Crippen LogP contribution in [0.2, 0.25) is 10.0 Å². The highest BCUT2D eigenvalue weighted by molar-refractivity contribution is 7.03. The number of nitrogens with zero attached hydrogens (tertiary/aromatic N) is 3. The van der Waals surface area contributed by atoms with Crippen LogP contribution in [0.4, 0.5) is 16.2 Å². The van der Waals surface area contributed by atoms with Gasteiger partial charge in [-0.3, -0.25) is 0 Å². The molecule has 0 radical (unpaired) electrons. The van der Waals surface area contributed by atoms with Crippen molar-refractivity contribution in [2.45, 2.75) is 6.92 Å². The second kappa shape index (κ2) is 8.20. The molecular weight excluding hydrogens is 433 g/mol. The van der Waals surface area contributed by atoms with E-state index < -0.39 is 6.03 Å². The number of anilines is 2. The average molecular weight is 446 g/mol. The van der Waals surface area contributed by atoms with Crippen molar-refractivity contribution >= 4 is 52.1 Å². The van der Waals surface area contributed by atoms with E-state index in [1.165, 1.54) is 11.5 Å². The van der Waals surface area contributed by atoms with Crippen LogP contribution in [0.15, 0.2) is 52.4 Å². The predicted molar refractivity (Wildman–Crippen MR) is 115 cm³/mol. The number of amides is 2. The Morgan fingerprint density at radius 2 is 1.79 bits per heavy atom. The second-order valence-electron chi connectivity index (χ2n) is 6.01. The van der Waals surface area contributed by atoms with Crippen LogP contribution in [-0.2, 0) is 0 Å². The molecule has 0 unspecified atom stereocenters. The summed E-state index contributed by atoms with van der Waals surface area (Å²) >= 11 is 13.8. The Balaban J connectivity index is 1.53. The lowest BCUT2D eigenvalue weighted by Crippen LogP contribution is -2.20. The first kappa shape index (κ1) is 19.4. The number of rotatable bonds is 4. The average Bonchev–Trinajstić information content (AvgIpc) is 3.34. The van der Waals surface area contributed by atoms with Crippen molar-refractivity contribution in [3.63, 3.8) is 0 Å². The number of carbonyl (C=O) groups is 1. The fraction of sp³-hybridized carbons (Fsp3) is 0.0526. The van der Waals surface area contributed by atoms with Gasteiger partial charge in [-0.1, -0.05) is 51.0 Å². The molecule has 4 rings (SSSR count). The number of benzene rings is 2. The van der Waals surface area contributed by atoms with Crippen molar-refractivity contribution in [1.29, 1.82) is 0 Å². The number of hydrogen-bond acceptors (Lipinski definition) is 6. The molecule has 0 aliphatic heterocycles. The first-order valence-electron chi connectivity index (χ1n) is 8.39. The number of carbonyl (C=O) groups excluding carboxylic acids is 1. The number of urea groups is 1. The summed E-state index contributed by atoms with van der Waals surface area (Å²) in [7, 11) is 0. The van der Waals surface area contributed by atoms with Crippen LogP contribution in [0.1, 0.15) is 5.76 Å². The van der Waals surface area contributed by atoms with Crippen LogP contribution in [0, 0.1) is 6.92 Å². The molecule has 10 heteroatoms. The molecule has 29 heavy (non-hydrogen) atoms. The minimum Gasteiger partial charge on any atom is -0.359 e. The topological polar surface area (TPSA) is 92.9 Å². The van der Waals surface area contributed by atoms with Gasteiger partial charge >= 0.3 is 6.03 Å². The summed E-state index contributed by atoms with van der Waals surface area (Å²) < 4.78 is 9.09. The third kappa shape index (κ3) is 4.09. The molecular formula is C19H13Cl2N5O2S. The molecule has 0 atom stereocenters. The Bertz CT molecular complexity index is 1140. The van der Waals surface area contributed by atoms with Crippen LogP contribution >= 0.6 is 34.7 Å². The van der Waals surface area contributed by atoms with Gasteiger partial charge in [0.1, 0.15) is 17.1 Å².